The minimum Gasteiger partial charge on any atom is -0.467 e. The second kappa shape index (κ2) is 8.37. The molecule has 0 aromatic rings. The van der Waals surface area contributed by atoms with Crippen LogP contribution in [0.25, 0.3) is 0 Å². The largest absolute Gasteiger partial charge is 0.467 e. The van der Waals surface area contributed by atoms with Gasteiger partial charge in [0, 0.05) is 19.0 Å². The third-order valence-corrected chi connectivity index (χ3v) is 6.31. The first kappa shape index (κ1) is 19.1. The van der Waals surface area contributed by atoms with Gasteiger partial charge in [0.05, 0.1) is 13.2 Å². The first-order chi connectivity index (χ1) is 12.5. The molecule has 2 amide bonds. The summed E-state index contributed by atoms with van der Waals surface area (Å²) in [7, 11) is 1.31. The Morgan fingerprint density at radius 1 is 1.27 bits per heavy atom. The molecule has 146 valence electrons. The lowest BCUT2D eigenvalue weighted by atomic mass is 9.72. The molecule has 3 atom stereocenters. The zero-order valence-corrected chi connectivity index (χ0v) is 15.6. The van der Waals surface area contributed by atoms with Gasteiger partial charge in [-0.2, -0.15) is 0 Å². The minimum absolute atomic E-state index is 0.0421. The highest BCUT2D eigenvalue weighted by Gasteiger charge is 2.43. The number of methoxy groups -OCH3 is 1. The van der Waals surface area contributed by atoms with Gasteiger partial charge >= 0.3 is 5.97 Å². The molecule has 2 heterocycles. The summed E-state index contributed by atoms with van der Waals surface area (Å²) in [5.41, 5.74) is 0.240. The first-order valence-electron chi connectivity index (χ1n) is 9.92. The average Bonchev–Trinajstić information content (AvgIpc) is 3.06. The summed E-state index contributed by atoms with van der Waals surface area (Å²) in [5.74, 6) is -0.935. The van der Waals surface area contributed by atoms with Gasteiger partial charge in [0.25, 0.3) is 0 Å². The number of carbonyl (C=O) groups excluding carboxylic acids is 3. The molecule has 26 heavy (non-hydrogen) atoms. The maximum atomic E-state index is 12.7. The van der Waals surface area contributed by atoms with Crippen LogP contribution in [-0.4, -0.2) is 50.1 Å². The van der Waals surface area contributed by atoms with Crippen molar-refractivity contribution in [2.75, 3.05) is 20.2 Å². The summed E-state index contributed by atoms with van der Waals surface area (Å²) in [5, 5.41) is 9.02. The first-order valence-corrected chi connectivity index (χ1v) is 9.92. The van der Waals surface area contributed by atoms with Gasteiger partial charge in [-0.05, 0) is 43.9 Å². The van der Waals surface area contributed by atoms with Crippen LogP contribution in [0.15, 0.2) is 0 Å². The van der Waals surface area contributed by atoms with Crippen molar-refractivity contribution in [3.05, 3.63) is 0 Å². The molecule has 0 unspecified atom stereocenters. The van der Waals surface area contributed by atoms with E-state index in [0.29, 0.717) is 13.0 Å². The van der Waals surface area contributed by atoms with E-state index in [-0.39, 0.29) is 29.2 Å². The van der Waals surface area contributed by atoms with Crippen molar-refractivity contribution in [3.8, 4) is 0 Å². The summed E-state index contributed by atoms with van der Waals surface area (Å²) in [4.78, 5) is 36.9. The fraction of sp³-hybridized carbons (Fsp3) is 0.842. The Morgan fingerprint density at radius 2 is 2.04 bits per heavy atom. The van der Waals surface area contributed by atoms with Crippen LogP contribution in [0.3, 0.4) is 0 Å². The van der Waals surface area contributed by atoms with Crippen molar-refractivity contribution < 1.29 is 19.1 Å². The van der Waals surface area contributed by atoms with Gasteiger partial charge < -0.3 is 20.7 Å². The molecule has 2 aliphatic heterocycles. The van der Waals surface area contributed by atoms with Crippen LogP contribution >= 0.6 is 0 Å². The Labute approximate surface area is 155 Å². The molecule has 7 nitrogen and oxygen atoms in total. The van der Waals surface area contributed by atoms with Gasteiger partial charge in [0.2, 0.25) is 11.8 Å². The lowest BCUT2D eigenvalue weighted by molar-refractivity contribution is -0.146. The molecule has 0 bridgehead atoms. The SMILES string of the molecule is COC(=O)[C@H](C[C@@H]1CCCNC1=O)NC(=O)[C@@H]1CC2(CCCCC2)CN1. The van der Waals surface area contributed by atoms with E-state index in [1.165, 1.54) is 39.2 Å². The number of esters is 1. The number of carbonyl (C=O) groups is 3. The smallest absolute Gasteiger partial charge is 0.328 e. The Balaban J connectivity index is 1.58. The van der Waals surface area contributed by atoms with Crippen molar-refractivity contribution in [1.82, 2.24) is 16.0 Å². The van der Waals surface area contributed by atoms with Gasteiger partial charge in [0.1, 0.15) is 6.04 Å². The molecule has 3 fully saturated rings. The van der Waals surface area contributed by atoms with Gasteiger partial charge in [-0.1, -0.05) is 19.3 Å². The van der Waals surface area contributed by atoms with Crippen LogP contribution < -0.4 is 16.0 Å². The highest BCUT2D eigenvalue weighted by molar-refractivity contribution is 5.88. The molecule has 1 aliphatic carbocycles. The molecule has 0 aromatic carbocycles. The molecule has 0 aromatic heterocycles. The fourth-order valence-corrected chi connectivity index (χ4v) is 4.76. The van der Waals surface area contributed by atoms with Crippen molar-refractivity contribution in [2.24, 2.45) is 11.3 Å². The normalized spacial score (nSPS) is 29.0. The van der Waals surface area contributed by atoms with Gasteiger partial charge in [0.15, 0.2) is 0 Å². The Morgan fingerprint density at radius 3 is 2.73 bits per heavy atom. The van der Waals surface area contributed by atoms with E-state index in [1.807, 2.05) is 0 Å². The van der Waals surface area contributed by atoms with E-state index in [2.05, 4.69) is 16.0 Å². The maximum Gasteiger partial charge on any atom is 0.328 e. The van der Waals surface area contributed by atoms with E-state index < -0.39 is 12.0 Å². The van der Waals surface area contributed by atoms with Crippen molar-refractivity contribution in [3.63, 3.8) is 0 Å². The molecule has 1 spiro atoms. The third-order valence-electron chi connectivity index (χ3n) is 6.31. The Hall–Kier alpha value is -1.63. The van der Waals surface area contributed by atoms with Crippen LogP contribution in [0, 0.1) is 11.3 Å². The molecular formula is C19H31N3O4. The molecule has 0 radical (unpaired) electrons. The standard InChI is InChI=1S/C19H31N3O4/c1-26-18(25)14(10-13-6-5-9-20-16(13)23)22-17(24)15-11-19(12-21-15)7-3-2-4-8-19/h13-15,21H,2-12H2,1H3,(H,20,23)(H,22,24)/t13-,14-,15-/m0/s1. The number of ether oxygens (including phenoxy) is 1. The van der Waals surface area contributed by atoms with Gasteiger partial charge in [-0.25, -0.2) is 4.79 Å². The van der Waals surface area contributed by atoms with Gasteiger partial charge in [-0.3, -0.25) is 9.59 Å². The predicted octanol–water partition coefficient (Wildman–Crippen LogP) is 0.873. The quantitative estimate of drug-likeness (QED) is 0.628. The van der Waals surface area contributed by atoms with Crippen LogP contribution in [-0.2, 0) is 19.1 Å². The van der Waals surface area contributed by atoms with Crippen molar-refractivity contribution >= 4 is 17.8 Å². The van der Waals surface area contributed by atoms with Gasteiger partial charge in [-0.15, -0.1) is 0 Å². The molecule has 3 aliphatic rings. The van der Waals surface area contributed by atoms with E-state index >= 15 is 0 Å². The van der Waals surface area contributed by atoms with E-state index in [9.17, 15) is 14.4 Å². The molecule has 1 saturated carbocycles. The summed E-state index contributed by atoms with van der Waals surface area (Å²) in [6.07, 6.45) is 8.85. The van der Waals surface area contributed by atoms with E-state index in [0.717, 1.165) is 25.8 Å². The van der Waals surface area contributed by atoms with Crippen molar-refractivity contribution in [2.45, 2.75) is 69.9 Å². The van der Waals surface area contributed by atoms with E-state index in [1.54, 1.807) is 0 Å². The van der Waals surface area contributed by atoms with Crippen molar-refractivity contribution in [1.29, 1.82) is 0 Å². The zero-order valence-electron chi connectivity index (χ0n) is 15.6. The lowest BCUT2D eigenvalue weighted by Crippen LogP contribution is -2.50. The summed E-state index contributed by atoms with van der Waals surface area (Å²) in [6.45, 7) is 1.55. The molecule has 7 heteroatoms. The average molecular weight is 365 g/mol. The lowest BCUT2D eigenvalue weighted by Gasteiger charge is -2.32. The number of hydrogen-bond acceptors (Lipinski definition) is 5. The van der Waals surface area contributed by atoms with Crippen LogP contribution in [0.1, 0.15) is 57.8 Å². The number of hydrogen-bond donors (Lipinski definition) is 3. The molecular weight excluding hydrogens is 334 g/mol. The monoisotopic (exact) mass is 365 g/mol. The zero-order chi connectivity index (χ0) is 18.6. The second-order valence-corrected chi connectivity index (χ2v) is 8.15. The Bertz CT molecular complexity index is 545. The molecule has 3 rings (SSSR count). The molecule has 2 saturated heterocycles. The highest BCUT2D eigenvalue weighted by Crippen LogP contribution is 2.42. The maximum absolute atomic E-state index is 12.7. The van der Waals surface area contributed by atoms with Crippen LogP contribution in [0.5, 0.6) is 0 Å². The summed E-state index contributed by atoms with van der Waals surface area (Å²) < 4.78 is 4.86. The minimum atomic E-state index is -0.772. The summed E-state index contributed by atoms with van der Waals surface area (Å²) >= 11 is 0. The number of rotatable bonds is 5. The molecule has 3 N–H and O–H groups in total. The van der Waals surface area contributed by atoms with Crippen LogP contribution in [0.2, 0.25) is 0 Å². The number of amides is 2. The highest BCUT2D eigenvalue weighted by atomic mass is 16.5. The third kappa shape index (κ3) is 4.37. The van der Waals surface area contributed by atoms with E-state index in [4.69, 9.17) is 4.74 Å². The fourth-order valence-electron chi connectivity index (χ4n) is 4.76. The van der Waals surface area contributed by atoms with Crippen LogP contribution in [0.4, 0.5) is 0 Å². The predicted molar refractivity (Wildman–Crippen MR) is 96.2 cm³/mol. The summed E-state index contributed by atoms with van der Waals surface area (Å²) in [6, 6.07) is -1.04. The number of piperidine rings is 1. The number of nitrogens with one attached hydrogen (secondary N) is 3. The second-order valence-electron chi connectivity index (χ2n) is 8.15. The Kier molecular flexibility index (Phi) is 6.16. The topological polar surface area (TPSA) is 96.5 Å².